The van der Waals surface area contributed by atoms with Crippen molar-refractivity contribution in [3.05, 3.63) is 254 Å². The average molecular weight is 864 g/mol. The number of rotatable bonds is 8. The molecule has 0 fully saturated rings. The van der Waals surface area contributed by atoms with Crippen LogP contribution in [0.2, 0.25) is 0 Å². The lowest BCUT2D eigenvalue weighted by atomic mass is 9.33. The fourth-order valence-electron chi connectivity index (χ4n) is 11.1. The Balaban J connectivity index is 1.16. The molecule has 9 aromatic carbocycles. The van der Waals surface area contributed by atoms with E-state index in [0.717, 1.165) is 41.3 Å². The van der Waals surface area contributed by atoms with Crippen LogP contribution in [-0.4, -0.2) is 6.71 Å². The third kappa shape index (κ3) is 6.00. The van der Waals surface area contributed by atoms with Crippen LogP contribution in [-0.2, 0) is 5.75 Å². The van der Waals surface area contributed by atoms with Crippen LogP contribution in [0.1, 0.15) is 24.0 Å². The summed E-state index contributed by atoms with van der Waals surface area (Å²) in [6.45, 7) is -0.0214. The minimum absolute atomic E-state index is 0.0214. The summed E-state index contributed by atoms with van der Waals surface area (Å²) in [7, 11) is -1.85. The Hall–Kier alpha value is -7.73. The summed E-state index contributed by atoms with van der Waals surface area (Å²) in [5, 5.41) is 0. The molecule has 3 aliphatic heterocycles. The van der Waals surface area contributed by atoms with Crippen molar-refractivity contribution in [3.63, 3.8) is 0 Å². The Kier molecular flexibility index (Phi) is 9.24. The molecule has 0 spiro atoms. The predicted octanol–water partition coefficient (Wildman–Crippen LogP) is 14.8. The number of nitrogens with zero attached hydrogens (tertiary/aromatic N) is 3. The van der Waals surface area contributed by atoms with Crippen LogP contribution < -0.4 is 31.1 Å². The predicted molar refractivity (Wildman–Crippen MR) is 280 cm³/mol. The fourth-order valence-corrected chi connectivity index (χ4v) is 15.4. The zero-order valence-electron chi connectivity index (χ0n) is 36.5. The zero-order valence-corrected chi connectivity index (χ0v) is 37.4. The molecule has 1 unspecified atom stereocenters. The molecule has 3 nitrogen and oxygen atoms in total. The van der Waals surface area contributed by atoms with Crippen molar-refractivity contribution in [2.75, 3.05) is 14.7 Å². The van der Waals surface area contributed by atoms with Crippen molar-refractivity contribution in [1.29, 1.82) is 0 Å². The lowest BCUT2D eigenvalue weighted by Crippen LogP contribution is -2.62. The van der Waals surface area contributed by atoms with Gasteiger partial charge in [-0.3, -0.25) is 0 Å². The molecule has 66 heavy (non-hydrogen) atoms. The standard InChI is InChI=1S/C61H46BN3S/c1-7-22-44(23-8-1)43-66(51-32-17-6-18-33-51)58-36-20-19-35-54(58)65-57-42-50(63(47-26-11-3-12-27-47)48-28-13-4-14-29-48)41-56-60(57)62(53-34-21-37-59(66)61(53)65)52-39-38-46(45-24-9-2-10-25-45)40-55(52)64(56)49-30-15-5-16-31-49/h1,3-9,11-42H,2,10,43H2. The van der Waals surface area contributed by atoms with Crippen molar-refractivity contribution in [2.45, 2.75) is 33.3 Å². The van der Waals surface area contributed by atoms with Crippen LogP contribution in [0.3, 0.4) is 0 Å². The van der Waals surface area contributed by atoms with Gasteiger partial charge in [0.1, 0.15) is 0 Å². The molecule has 0 saturated heterocycles. The van der Waals surface area contributed by atoms with E-state index in [9.17, 15) is 0 Å². The summed E-state index contributed by atoms with van der Waals surface area (Å²) >= 11 is 0. The Morgan fingerprint density at radius 1 is 0.470 bits per heavy atom. The van der Waals surface area contributed by atoms with Gasteiger partial charge in [0.25, 0.3) is 6.71 Å². The van der Waals surface area contributed by atoms with E-state index in [4.69, 9.17) is 0 Å². The molecule has 4 aliphatic rings. The average Bonchev–Trinajstić information content (AvgIpc) is 3.39. The molecule has 0 N–H and O–H groups in total. The molecule has 314 valence electrons. The summed E-state index contributed by atoms with van der Waals surface area (Å²) in [4.78, 5) is 11.8. The maximum absolute atomic E-state index is 2.66. The van der Waals surface area contributed by atoms with Crippen molar-refractivity contribution in [1.82, 2.24) is 0 Å². The van der Waals surface area contributed by atoms with Crippen molar-refractivity contribution < 1.29 is 0 Å². The van der Waals surface area contributed by atoms with Crippen LogP contribution in [0.5, 0.6) is 0 Å². The third-order valence-corrected chi connectivity index (χ3v) is 17.9. The Bertz CT molecular complexity index is 3320. The van der Waals surface area contributed by atoms with Gasteiger partial charge in [-0.1, -0.05) is 158 Å². The molecule has 5 heteroatoms. The molecule has 0 bridgehead atoms. The number of para-hydroxylation sites is 5. The number of benzene rings is 9. The molecule has 0 amide bonds. The topological polar surface area (TPSA) is 9.72 Å². The molecule has 13 rings (SSSR count). The molecular formula is C61H46BN3S. The van der Waals surface area contributed by atoms with Gasteiger partial charge in [0, 0.05) is 49.7 Å². The number of hydrogen-bond acceptors (Lipinski definition) is 3. The van der Waals surface area contributed by atoms with E-state index in [-0.39, 0.29) is 6.71 Å². The second kappa shape index (κ2) is 15.8. The summed E-state index contributed by atoms with van der Waals surface area (Å²) in [5.41, 5.74) is 18.5. The maximum atomic E-state index is 2.66. The maximum Gasteiger partial charge on any atom is 0.252 e. The van der Waals surface area contributed by atoms with Crippen LogP contribution in [0.25, 0.3) is 5.57 Å². The number of allylic oxidation sites excluding steroid dienone is 4. The second-order valence-electron chi connectivity index (χ2n) is 17.6. The summed E-state index contributed by atoms with van der Waals surface area (Å²) in [6, 6.07) is 84.2. The number of fused-ring (bicyclic) bond motifs is 6. The lowest BCUT2D eigenvalue weighted by molar-refractivity contribution is 1.04. The summed E-state index contributed by atoms with van der Waals surface area (Å²) < 4.78 is 0. The van der Waals surface area contributed by atoms with Crippen molar-refractivity contribution in [2.24, 2.45) is 0 Å². The zero-order chi connectivity index (χ0) is 43.6. The van der Waals surface area contributed by atoms with Crippen LogP contribution in [0.15, 0.2) is 257 Å². The fraction of sp³-hybridized carbons (Fsp3) is 0.0492. The normalized spacial score (nSPS) is 17.1. The molecule has 0 radical (unpaired) electrons. The van der Waals surface area contributed by atoms with E-state index in [1.54, 1.807) is 0 Å². The molecule has 0 saturated carbocycles. The van der Waals surface area contributed by atoms with E-state index in [2.05, 4.69) is 257 Å². The van der Waals surface area contributed by atoms with Gasteiger partial charge < -0.3 is 14.7 Å². The molecule has 1 atom stereocenters. The van der Waals surface area contributed by atoms with Crippen LogP contribution in [0, 0.1) is 0 Å². The Labute approximate surface area is 389 Å². The van der Waals surface area contributed by atoms with Gasteiger partial charge in [-0.2, -0.15) is 10.0 Å². The van der Waals surface area contributed by atoms with E-state index in [0.29, 0.717) is 0 Å². The molecule has 9 aromatic rings. The van der Waals surface area contributed by atoms with Gasteiger partial charge >= 0.3 is 0 Å². The first-order chi connectivity index (χ1) is 32.8. The highest BCUT2D eigenvalue weighted by atomic mass is 32.3. The highest BCUT2D eigenvalue weighted by Gasteiger charge is 2.50. The van der Waals surface area contributed by atoms with E-state index in [1.807, 2.05) is 0 Å². The van der Waals surface area contributed by atoms with Gasteiger partial charge in [0.15, 0.2) is 0 Å². The highest BCUT2D eigenvalue weighted by Crippen LogP contribution is 2.77. The first kappa shape index (κ1) is 38.7. The van der Waals surface area contributed by atoms with Gasteiger partial charge in [0.2, 0.25) is 0 Å². The quantitative estimate of drug-likeness (QED) is 0.141. The first-order valence-electron chi connectivity index (χ1n) is 23.1. The smallest absolute Gasteiger partial charge is 0.252 e. The molecule has 1 aliphatic carbocycles. The Morgan fingerprint density at radius 2 is 1.09 bits per heavy atom. The minimum atomic E-state index is -1.85. The van der Waals surface area contributed by atoms with Crippen molar-refractivity contribution >= 4 is 89.9 Å². The lowest BCUT2D eigenvalue weighted by Gasteiger charge is -2.53. The SMILES string of the molecule is C1=CC(c2ccc3c(c2)N(c2ccccc2)c2cc(N(c4ccccc4)c4ccccc4)cc4c2B3c2cccc3c2N4c2ccccc2S3(Cc2ccccc2)c2ccccc2)=CCC1. The van der Waals surface area contributed by atoms with E-state index < -0.39 is 10.0 Å². The Morgan fingerprint density at radius 3 is 1.79 bits per heavy atom. The molecular weight excluding hydrogens is 818 g/mol. The van der Waals surface area contributed by atoms with Crippen LogP contribution in [0.4, 0.5) is 51.2 Å². The summed E-state index contributed by atoms with van der Waals surface area (Å²) in [6.07, 6.45) is 9.17. The van der Waals surface area contributed by atoms with E-state index in [1.165, 1.54) is 76.2 Å². The van der Waals surface area contributed by atoms with Gasteiger partial charge in [-0.25, -0.2) is 0 Å². The monoisotopic (exact) mass is 863 g/mol. The summed E-state index contributed by atoms with van der Waals surface area (Å²) in [5.74, 6) is 0.905. The number of anilines is 9. The van der Waals surface area contributed by atoms with Gasteiger partial charge in [0.05, 0.1) is 17.1 Å². The van der Waals surface area contributed by atoms with E-state index >= 15 is 0 Å². The molecule has 0 aromatic heterocycles. The number of hydrogen-bond donors (Lipinski definition) is 0. The highest BCUT2D eigenvalue weighted by molar-refractivity contribution is 8.33. The van der Waals surface area contributed by atoms with Crippen LogP contribution >= 0.6 is 10.0 Å². The minimum Gasteiger partial charge on any atom is -0.311 e. The van der Waals surface area contributed by atoms with Gasteiger partial charge in [-0.15, -0.1) is 0 Å². The molecule has 3 heterocycles. The third-order valence-electron chi connectivity index (χ3n) is 13.9. The largest absolute Gasteiger partial charge is 0.311 e. The second-order valence-corrected chi connectivity index (χ2v) is 20.7. The van der Waals surface area contributed by atoms with Crippen molar-refractivity contribution in [3.8, 4) is 0 Å². The van der Waals surface area contributed by atoms with Gasteiger partial charge in [-0.05, 0) is 136 Å². The first-order valence-corrected chi connectivity index (χ1v) is 24.9.